The lowest BCUT2D eigenvalue weighted by molar-refractivity contribution is -0.157. The van der Waals surface area contributed by atoms with Crippen molar-refractivity contribution in [2.24, 2.45) is 15.7 Å². The number of carboxylic acids is 2. The van der Waals surface area contributed by atoms with Crippen molar-refractivity contribution in [2.75, 3.05) is 30.9 Å². The lowest BCUT2D eigenvalue weighted by Gasteiger charge is -2.53. The summed E-state index contributed by atoms with van der Waals surface area (Å²) < 4.78 is 1.16. The van der Waals surface area contributed by atoms with Gasteiger partial charge in [0.05, 0.1) is 6.54 Å². The molecule has 1 aromatic carbocycles. The molecule has 2 saturated heterocycles. The van der Waals surface area contributed by atoms with E-state index in [1.54, 1.807) is 5.38 Å². The van der Waals surface area contributed by atoms with E-state index in [1.165, 1.54) is 23.8 Å². The molecule has 3 atom stereocenters. The summed E-state index contributed by atoms with van der Waals surface area (Å²) in [7, 11) is 1.20. The molecule has 242 valence electrons. The van der Waals surface area contributed by atoms with Gasteiger partial charge in [-0.15, -0.1) is 28.2 Å². The minimum atomic E-state index is -1.39. The SMILES string of the molecule is CON=C(Cn1nnnc1SCC1(C(=O)O)CS[C@@H]2C(NC(=O)C(=NOCc3ccccc3)c3csc(N)n3)C(=O)N2C1)C(=O)O. The van der Waals surface area contributed by atoms with Gasteiger partial charge in [-0.2, -0.15) is 0 Å². The van der Waals surface area contributed by atoms with E-state index >= 15 is 0 Å². The van der Waals surface area contributed by atoms with Gasteiger partial charge >= 0.3 is 11.9 Å². The minimum Gasteiger partial charge on any atom is -0.481 e. The molecule has 0 radical (unpaired) electrons. The van der Waals surface area contributed by atoms with Gasteiger partial charge in [-0.25, -0.2) is 14.5 Å². The molecule has 2 aliphatic heterocycles. The van der Waals surface area contributed by atoms with E-state index in [4.69, 9.17) is 10.6 Å². The molecule has 0 aliphatic carbocycles. The number of nitrogen functional groups attached to an aromatic ring is 1. The van der Waals surface area contributed by atoms with Crippen molar-refractivity contribution in [2.45, 2.75) is 29.7 Å². The predicted molar refractivity (Wildman–Crippen MR) is 165 cm³/mol. The number of rotatable bonds is 14. The van der Waals surface area contributed by atoms with Crippen LogP contribution < -0.4 is 11.1 Å². The average molecular weight is 691 g/mol. The predicted octanol–water partition coefficient (Wildman–Crippen LogP) is -0.0171. The van der Waals surface area contributed by atoms with E-state index in [-0.39, 0.29) is 58.6 Å². The molecular formula is C25H26N10O8S3. The summed E-state index contributed by atoms with van der Waals surface area (Å²) in [6.07, 6.45) is 0. The van der Waals surface area contributed by atoms with Crippen LogP contribution in [0.15, 0.2) is 51.2 Å². The molecule has 21 heteroatoms. The number of hydrogen-bond donors (Lipinski definition) is 4. The number of carboxylic acid groups (broad SMARTS) is 2. The number of benzene rings is 1. The normalized spacial score (nSPS) is 21.2. The summed E-state index contributed by atoms with van der Waals surface area (Å²) in [6.45, 7) is -0.360. The quantitative estimate of drug-likeness (QED) is 0.0751. The van der Waals surface area contributed by atoms with Crippen LogP contribution in [0.5, 0.6) is 0 Å². The number of aromatic nitrogens is 5. The maximum Gasteiger partial charge on any atom is 0.355 e. The van der Waals surface area contributed by atoms with Crippen molar-refractivity contribution in [3.8, 4) is 0 Å². The topological polar surface area (TPSA) is 250 Å². The highest BCUT2D eigenvalue weighted by Gasteiger charge is 2.57. The number of carbonyl (C=O) groups excluding carboxylic acids is 2. The number of hydrogen-bond acceptors (Lipinski definition) is 16. The number of amides is 2. The lowest BCUT2D eigenvalue weighted by atomic mass is 9.89. The number of β-lactam (4-membered cyclic amide) rings is 1. The summed E-state index contributed by atoms with van der Waals surface area (Å²) in [6, 6.07) is 8.27. The second kappa shape index (κ2) is 14.1. The fraction of sp³-hybridized carbons (Fsp3) is 0.360. The van der Waals surface area contributed by atoms with Gasteiger partial charge in [-0.3, -0.25) is 14.4 Å². The molecule has 46 heavy (non-hydrogen) atoms. The van der Waals surface area contributed by atoms with E-state index in [1.807, 2.05) is 30.3 Å². The molecule has 2 aliphatic rings. The van der Waals surface area contributed by atoms with Crippen LogP contribution >= 0.6 is 34.9 Å². The number of thioether (sulfide) groups is 2. The lowest BCUT2D eigenvalue weighted by Crippen LogP contribution is -2.74. The van der Waals surface area contributed by atoms with Crippen LogP contribution in [0.4, 0.5) is 5.13 Å². The van der Waals surface area contributed by atoms with Gasteiger partial charge in [0.15, 0.2) is 16.6 Å². The molecule has 2 amide bonds. The number of carbonyl (C=O) groups is 4. The van der Waals surface area contributed by atoms with Crippen molar-refractivity contribution in [3.05, 3.63) is 47.0 Å². The zero-order chi connectivity index (χ0) is 32.8. The molecule has 0 bridgehead atoms. The van der Waals surface area contributed by atoms with Crippen LogP contribution in [0, 0.1) is 5.41 Å². The number of nitrogens with two attached hydrogens (primary N) is 1. The van der Waals surface area contributed by atoms with E-state index in [0.29, 0.717) is 0 Å². The van der Waals surface area contributed by atoms with Crippen LogP contribution in [-0.2, 0) is 42.0 Å². The molecule has 2 aromatic heterocycles. The van der Waals surface area contributed by atoms with E-state index in [0.717, 1.165) is 33.3 Å². The second-order valence-corrected chi connectivity index (χ2v) is 12.8. The molecule has 0 spiro atoms. The largest absolute Gasteiger partial charge is 0.481 e. The third kappa shape index (κ3) is 7.05. The number of tetrazole rings is 1. The molecular weight excluding hydrogens is 665 g/mol. The molecule has 2 unspecified atom stereocenters. The second-order valence-electron chi connectivity index (χ2n) is 9.91. The summed E-state index contributed by atoms with van der Waals surface area (Å²) >= 11 is 3.32. The maximum atomic E-state index is 13.3. The first-order valence-corrected chi connectivity index (χ1v) is 16.2. The van der Waals surface area contributed by atoms with E-state index in [9.17, 15) is 29.4 Å². The Morgan fingerprint density at radius 2 is 2.02 bits per heavy atom. The highest BCUT2D eigenvalue weighted by Crippen LogP contribution is 2.44. The van der Waals surface area contributed by atoms with Crippen molar-refractivity contribution in [1.82, 2.24) is 35.4 Å². The third-order valence-corrected chi connectivity index (χ3v) is 10.3. The average Bonchev–Trinajstić information content (AvgIpc) is 3.69. The molecule has 5 N–H and O–H groups in total. The standard InChI is InChI=1S/C25H26N10O8S3/c1-42-30-14(21(38)39)7-35-24(29-32-33-35)46-12-25(22(40)41)10-34-19(37)17(20(34)45-11-25)28-18(36)16(15-9-44-23(26)27-15)31-43-8-13-5-3-2-4-6-13/h2-6,9,17,20H,7-8,10-12H2,1H3,(H2,26,27)(H,28,36)(H,38,39)(H,40,41)/t17?,20-,25?/m1/s1. The van der Waals surface area contributed by atoms with Crippen LogP contribution in [0.1, 0.15) is 11.3 Å². The Morgan fingerprint density at radius 1 is 1.24 bits per heavy atom. The van der Waals surface area contributed by atoms with Crippen molar-refractivity contribution in [3.63, 3.8) is 0 Å². The maximum absolute atomic E-state index is 13.3. The number of thiazole rings is 1. The highest BCUT2D eigenvalue weighted by atomic mass is 32.2. The zero-order valence-electron chi connectivity index (χ0n) is 23.9. The van der Waals surface area contributed by atoms with E-state index in [2.05, 4.69) is 41.0 Å². The molecule has 18 nitrogen and oxygen atoms in total. The summed E-state index contributed by atoms with van der Waals surface area (Å²) in [4.78, 5) is 66.0. The Bertz CT molecular complexity index is 1680. The van der Waals surface area contributed by atoms with Crippen molar-refractivity contribution >= 4 is 75.2 Å². The fourth-order valence-electron chi connectivity index (χ4n) is 4.45. The first-order chi connectivity index (χ1) is 22.1. The van der Waals surface area contributed by atoms with Crippen LogP contribution in [0.2, 0.25) is 0 Å². The van der Waals surface area contributed by atoms with Gasteiger partial charge < -0.3 is 35.8 Å². The van der Waals surface area contributed by atoms with Crippen LogP contribution in [-0.4, -0.2) is 112 Å². The molecule has 2 fully saturated rings. The first kappa shape index (κ1) is 32.6. The Hall–Kier alpha value is -4.76. The van der Waals surface area contributed by atoms with Gasteiger partial charge in [0.2, 0.25) is 11.1 Å². The highest BCUT2D eigenvalue weighted by molar-refractivity contribution is 8.00. The van der Waals surface area contributed by atoms with E-state index < -0.39 is 40.6 Å². The summed E-state index contributed by atoms with van der Waals surface area (Å²) in [5.41, 5.74) is 4.86. The Kier molecular flexibility index (Phi) is 10.0. The molecule has 5 rings (SSSR count). The van der Waals surface area contributed by atoms with Crippen LogP contribution in [0.25, 0.3) is 0 Å². The van der Waals surface area contributed by atoms with Crippen molar-refractivity contribution < 1.29 is 39.1 Å². The van der Waals surface area contributed by atoms with Crippen molar-refractivity contribution in [1.29, 1.82) is 0 Å². The fourth-order valence-corrected chi connectivity index (χ4v) is 7.74. The first-order valence-electron chi connectivity index (χ1n) is 13.3. The number of nitrogens with zero attached hydrogens (tertiary/aromatic N) is 8. The van der Waals surface area contributed by atoms with Gasteiger partial charge in [0.1, 0.15) is 36.2 Å². The monoisotopic (exact) mass is 690 g/mol. The number of oxime groups is 2. The Labute approximate surface area is 272 Å². The number of nitrogens with one attached hydrogen (secondary N) is 1. The van der Waals surface area contributed by atoms with Gasteiger partial charge in [0, 0.05) is 23.4 Å². The zero-order valence-corrected chi connectivity index (χ0v) is 26.3. The van der Waals surface area contributed by atoms with Gasteiger partial charge in [-0.05, 0) is 16.0 Å². The minimum absolute atomic E-state index is 0.0339. The summed E-state index contributed by atoms with van der Waals surface area (Å²) in [5, 5.41) is 42.2. The third-order valence-electron chi connectivity index (χ3n) is 6.82. The number of aliphatic carboxylic acids is 2. The molecule has 4 heterocycles. The van der Waals surface area contributed by atoms with Gasteiger partial charge in [0.25, 0.3) is 5.91 Å². The van der Waals surface area contributed by atoms with Gasteiger partial charge in [-0.1, -0.05) is 52.4 Å². The molecule has 3 aromatic rings. The number of anilines is 1. The summed E-state index contributed by atoms with van der Waals surface area (Å²) in [5.74, 6) is -3.57. The molecule has 0 saturated carbocycles. The Balaban J connectivity index is 1.24. The smallest absolute Gasteiger partial charge is 0.355 e. The Morgan fingerprint density at radius 3 is 2.70 bits per heavy atom. The number of fused-ring (bicyclic) bond motifs is 1. The van der Waals surface area contributed by atoms with Crippen LogP contribution in [0.3, 0.4) is 0 Å².